The Morgan fingerprint density at radius 3 is 1.67 bits per heavy atom. The van der Waals surface area contributed by atoms with E-state index in [1.165, 1.54) is 85.3 Å². The summed E-state index contributed by atoms with van der Waals surface area (Å²) in [6, 6.07) is 13.6. The predicted octanol–water partition coefficient (Wildman–Crippen LogP) is 9.14. The second kappa shape index (κ2) is 17.9. The van der Waals surface area contributed by atoms with Crippen LogP contribution in [-0.4, -0.2) is 84.4 Å². The number of ether oxygens (including phenoxy) is 2. The van der Waals surface area contributed by atoms with Gasteiger partial charge >= 0.3 is 11.9 Å². The van der Waals surface area contributed by atoms with Gasteiger partial charge in [-0.1, -0.05) is 76.9 Å². The average molecular weight is 829 g/mol. The smallest absolute Gasteiger partial charge is 0.306 e. The van der Waals surface area contributed by atoms with Crippen molar-refractivity contribution in [3.63, 3.8) is 0 Å². The van der Waals surface area contributed by atoms with E-state index >= 15 is 0 Å². The SMILES string of the molecule is COC(=O)C[C@H](C(=O)N1CCC[C@H]1C1=NC=C(c2ccc(-c3ccc(C4=CN=C([C@@H]5CCCN5C(=O)[C@@H](CC(=O)OC)C(C)C)C4)c4c3C3(CCCC3)CC4)cc2)C1)C(C)C. The van der Waals surface area contributed by atoms with Crippen LogP contribution >= 0.6 is 0 Å². The number of carbonyl (C=O) groups excluding carboxylic acids is 4. The topological polar surface area (TPSA) is 118 Å². The van der Waals surface area contributed by atoms with Crippen molar-refractivity contribution >= 4 is 46.3 Å². The number of allylic oxidation sites excluding steroid dienone is 2. The summed E-state index contributed by atoms with van der Waals surface area (Å²) < 4.78 is 9.87. The van der Waals surface area contributed by atoms with E-state index in [4.69, 9.17) is 19.5 Å². The predicted molar refractivity (Wildman–Crippen MR) is 240 cm³/mol. The molecule has 4 atom stereocenters. The van der Waals surface area contributed by atoms with Crippen LogP contribution in [-0.2, 0) is 40.5 Å². The first-order valence-corrected chi connectivity index (χ1v) is 23.0. The number of methoxy groups -OCH3 is 2. The molecule has 2 saturated heterocycles. The third-order valence-electron chi connectivity index (χ3n) is 15.0. The molecule has 1 saturated carbocycles. The molecule has 3 fully saturated rings. The van der Waals surface area contributed by atoms with Gasteiger partial charge in [-0.3, -0.25) is 29.2 Å². The minimum Gasteiger partial charge on any atom is -0.469 e. The van der Waals surface area contributed by atoms with Gasteiger partial charge < -0.3 is 19.3 Å². The molecule has 8 rings (SSSR count). The van der Waals surface area contributed by atoms with Crippen molar-refractivity contribution in [2.75, 3.05) is 27.3 Å². The van der Waals surface area contributed by atoms with E-state index in [1.54, 1.807) is 0 Å². The fraction of sp³-hybridized carbons (Fsp3) is 0.569. The van der Waals surface area contributed by atoms with Gasteiger partial charge in [-0.05, 0) is 113 Å². The number of esters is 2. The highest BCUT2D eigenvalue weighted by atomic mass is 16.5. The maximum absolute atomic E-state index is 13.9. The fourth-order valence-electron chi connectivity index (χ4n) is 11.5. The van der Waals surface area contributed by atoms with E-state index in [2.05, 4.69) is 42.6 Å². The number of fused-ring (bicyclic) bond motifs is 2. The summed E-state index contributed by atoms with van der Waals surface area (Å²) in [5.41, 5.74) is 12.7. The molecule has 0 unspecified atom stereocenters. The zero-order valence-electron chi connectivity index (χ0n) is 37.1. The van der Waals surface area contributed by atoms with Crippen molar-refractivity contribution in [3.05, 3.63) is 71.1 Å². The summed E-state index contributed by atoms with van der Waals surface area (Å²) in [6.45, 7) is 9.39. The Kier molecular flexibility index (Phi) is 12.5. The van der Waals surface area contributed by atoms with Crippen LogP contribution in [0.4, 0.5) is 0 Å². The second-order valence-electron chi connectivity index (χ2n) is 19.1. The number of hydrogen-bond donors (Lipinski definition) is 0. The Hall–Kier alpha value is -4.86. The van der Waals surface area contributed by atoms with E-state index in [-0.39, 0.29) is 65.9 Å². The van der Waals surface area contributed by atoms with Gasteiger partial charge in [0.15, 0.2) is 0 Å². The highest BCUT2D eigenvalue weighted by Crippen LogP contribution is 2.55. The van der Waals surface area contributed by atoms with Gasteiger partial charge in [0.1, 0.15) is 0 Å². The Bertz CT molecular complexity index is 2170. The number of amides is 2. The summed E-state index contributed by atoms with van der Waals surface area (Å²) in [5, 5.41) is 0. The molecular formula is C51H64N4O6. The van der Waals surface area contributed by atoms with Gasteiger partial charge in [0.05, 0.1) is 51.0 Å². The van der Waals surface area contributed by atoms with Crippen molar-refractivity contribution in [1.29, 1.82) is 0 Å². The molecule has 4 aliphatic heterocycles. The summed E-state index contributed by atoms with van der Waals surface area (Å²) in [6.07, 6.45) is 16.6. The van der Waals surface area contributed by atoms with E-state index in [1.807, 2.05) is 43.7 Å². The summed E-state index contributed by atoms with van der Waals surface area (Å²) in [5.74, 6) is -1.37. The lowest BCUT2D eigenvalue weighted by molar-refractivity contribution is -0.148. The van der Waals surface area contributed by atoms with Crippen LogP contribution in [0.1, 0.15) is 133 Å². The lowest BCUT2D eigenvalue weighted by Gasteiger charge is -2.30. The minimum atomic E-state index is -0.404. The van der Waals surface area contributed by atoms with E-state index < -0.39 is 11.8 Å². The monoisotopic (exact) mass is 828 g/mol. The molecule has 6 aliphatic rings. The maximum atomic E-state index is 13.9. The van der Waals surface area contributed by atoms with Crippen molar-refractivity contribution in [1.82, 2.24) is 9.80 Å². The third kappa shape index (κ3) is 8.28. The zero-order valence-corrected chi connectivity index (χ0v) is 37.1. The standard InChI is InChI=1S/C51H64N4O6/c1-31(2)40(27-46(56)60-5)49(58)54-23-9-11-44(54)42-25-35(29-52-42)33-13-15-34(16-14-33)38-18-17-37(39-19-22-51(48(38)39)20-7-8-21-51)36-26-43(53-30-36)45-12-10-24-55(45)50(59)41(32(3)4)28-47(57)61-6/h13-18,29-32,40-41,44-45H,7-12,19-28H2,1-6H3/t40-,41-,44-,45-/m0/s1. The van der Waals surface area contributed by atoms with E-state index in [9.17, 15) is 19.2 Å². The van der Waals surface area contributed by atoms with Gasteiger partial charge in [0.25, 0.3) is 0 Å². The molecule has 2 aliphatic carbocycles. The van der Waals surface area contributed by atoms with Gasteiger partial charge in [-0.25, -0.2) is 0 Å². The van der Waals surface area contributed by atoms with E-state index in [0.29, 0.717) is 19.5 Å². The minimum absolute atomic E-state index is 0.0278. The number of nitrogens with zero attached hydrogens (tertiary/aromatic N) is 4. The molecule has 324 valence electrons. The normalized spacial score (nSPS) is 22.7. The molecule has 10 heteroatoms. The molecule has 0 radical (unpaired) electrons. The zero-order chi connectivity index (χ0) is 43.0. The molecule has 0 N–H and O–H groups in total. The Morgan fingerprint density at radius 2 is 1.15 bits per heavy atom. The Balaban J connectivity index is 0.980. The lowest BCUT2D eigenvalue weighted by atomic mass is 9.76. The summed E-state index contributed by atoms with van der Waals surface area (Å²) >= 11 is 0. The molecule has 2 aromatic carbocycles. The van der Waals surface area contributed by atoms with Crippen molar-refractivity contribution < 1.29 is 28.7 Å². The van der Waals surface area contributed by atoms with Crippen LogP contribution in [0.25, 0.3) is 22.3 Å². The number of benzene rings is 2. The largest absolute Gasteiger partial charge is 0.469 e. The first kappa shape index (κ1) is 42.8. The van der Waals surface area contributed by atoms with Crippen LogP contribution < -0.4 is 0 Å². The van der Waals surface area contributed by atoms with Crippen LogP contribution in [0.15, 0.2) is 58.8 Å². The molecule has 1 spiro atoms. The first-order valence-electron chi connectivity index (χ1n) is 23.0. The van der Waals surface area contributed by atoms with E-state index in [0.717, 1.165) is 55.5 Å². The quantitative estimate of drug-likeness (QED) is 0.186. The van der Waals surface area contributed by atoms with Crippen LogP contribution in [0.3, 0.4) is 0 Å². The second-order valence-corrected chi connectivity index (χ2v) is 19.1. The number of hydrogen-bond acceptors (Lipinski definition) is 8. The molecule has 2 amide bonds. The van der Waals surface area contributed by atoms with Gasteiger partial charge in [0, 0.05) is 49.8 Å². The fourth-order valence-corrected chi connectivity index (χ4v) is 11.5. The highest BCUT2D eigenvalue weighted by molar-refractivity contribution is 6.05. The molecule has 0 aromatic heterocycles. The highest BCUT2D eigenvalue weighted by Gasteiger charge is 2.45. The van der Waals surface area contributed by atoms with Crippen molar-refractivity contribution in [3.8, 4) is 11.1 Å². The Labute approximate surface area is 361 Å². The number of aliphatic imine (C=N–C) groups is 2. The molecule has 61 heavy (non-hydrogen) atoms. The molecule has 2 aromatic rings. The van der Waals surface area contributed by atoms with Crippen molar-refractivity contribution in [2.45, 2.75) is 135 Å². The molecule has 4 heterocycles. The third-order valence-corrected chi connectivity index (χ3v) is 15.0. The van der Waals surface area contributed by atoms with Gasteiger partial charge in [0.2, 0.25) is 11.8 Å². The Morgan fingerprint density at radius 1 is 0.656 bits per heavy atom. The van der Waals surface area contributed by atoms with Gasteiger partial charge in [-0.15, -0.1) is 0 Å². The maximum Gasteiger partial charge on any atom is 0.306 e. The average Bonchev–Trinajstić information content (AvgIpc) is 4.13. The number of carbonyl (C=O) groups is 4. The van der Waals surface area contributed by atoms with Crippen LogP contribution in [0.5, 0.6) is 0 Å². The molecule has 0 bridgehead atoms. The van der Waals surface area contributed by atoms with Crippen LogP contribution in [0, 0.1) is 23.7 Å². The lowest BCUT2D eigenvalue weighted by Crippen LogP contribution is -2.45. The first-order chi connectivity index (χ1) is 29.4. The number of likely N-dealkylation sites (tertiary alicyclic amines) is 2. The van der Waals surface area contributed by atoms with Crippen LogP contribution in [0.2, 0.25) is 0 Å². The molecule has 10 nitrogen and oxygen atoms in total. The van der Waals surface area contributed by atoms with Crippen molar-refractivity contribution in [2.24, 2.45) is 33.7 Å². The van der Waals surface area contributed by atoms with Gasteiger partial charge in [-0.2, -0.15) is 0 Å². The molecular weight excluding hydrogens is 765 g/mol. The summed E-state index contributed by atoms with van der Waals surface area (Å²) in [7, 11) is 2.76. The number of rotatable bonds is 13. The summed E-state index contributed by atoms with van der Waals surface area (Å²) in [4.78, 5) is 66.0.